The number of aromatic carboxylic acids is 1. The second kappa shape index (κ2) is 14.0. The third kappa shape index (κ3) is 6.11. The number of carbonyl (C=O) groups excluding carboxylic acids is 2. The number of aliphatic hydroxyl groups is 3. The summed E-state index contributed by atoms with van der Waals surface area (Å²) in [7, 11) is 2.04. The molecular formula is C44H60FN3O9. The zero-order valence-corrected chi connectivity index (χ0v) is 34.9. The molecule has 0 spiro atoms. The van der Waals surface area contributed by atoms with Gasteiger partial charge in [-0.3, -0.25) is 14.4 Å². The van der Waals surface area contributed by atoms with Crippen LogP contribution in [-0.4, -0.2) is 104 Å². The van der Waals surface area contributed by atoms with Gasteiger partial charge in [-0.2, -0.15) is 0 Å². The van der Waals surface area contributed by atoms with Crippen LogP contribution in [0.25, 0.3) is 10.9 Å². The van der Waals surface area contributed by atoms with E-state index >= 15 is 4.39 Å². The summed E-state index contributed by atoms with van der Waals surface area (Å²) < 4.78 is 23.4. The zero-order valence-electron chi connectivity index (χ0n) is 34.9. The van der Waals surface area contributed by atoms with E-state index in [2.05, 4.69) is 18.7 Å². The molecule has 1 aromatic heterocycles. The number of nitrogens with zero attached hydrogens (tertiary/aromatic N) is 3. The van der Waals surface area contributed by atoms with Gasteiger partial charge in [-0.05, 0) is 116 Å². The fourth-order valence-electron chi connectivity index (χ4n) is 12.2. The van der Waals surface area contributed by atoms with Crippen molar-refractivity contribution in [1.82, 2.24) is 9.47 Å². The molecule has 0 radical (unpaired) electrons. The molecule has 2 aliphatic heterocycles. The Bertz CT molecular complexity index is 2140. The van der Waals surface area contributed by atoms with Crippen molar-refractivity contribution in [2.75, 3.05) is 38.2 Å². The van der Waals surface area contributed by atoms with Crippen LogP contribution in [0.2, 0.25) is 0 Å². The smallest absolute Gasteiger partial charge is 0.341 e. The summed E-state index contributed by atoms with van der Waals surface area (Å²) in [6.45, 7) is 16.5. The Morgan fingerprint density at radius 2 is 1.72 bits per heavy atom. The summed E-state index contributed by atoms with van der Waals surface area (Å²) >= 11 is 0. The number of hydrogen-bond acceptors (Lipinski definition) is 10. The third-order valence-electron chi connectivity index (χ3n) is 15.4. The minimum Gasteiger partial charge on any atom is -0.487 e. The lowest BCUT2D eigenvalue weighted by molar-refractivity contribution is -0.190. The Balaban J connectivity index is 0.000000174. The monoisotopic (exact) mass is 793 g/mol. The van der Waals surface area contributed by atoms with Crippen LogP contribution in [0.4, 0.5) is 10.1 Å². The number of aliphatic hydroxyl groups excluding tert-OH is 1. The number of fused-ring (bicyclic) bond motifs is 5. The number of halogens is 1. The first-order valence-electron chi connectivity index (χ1n) is 20.6. The van der Waals surface area contributed by atoms with E-state index in [1.54, 1.807) is 13.8 Å². The second-order valence-electron chi connectivity index (χ2n) is 19.1. The quantitative estimate of drug-likeness (QED) is 0.325. The number of hydrogen-bond donors (Lipinski definition) is 4. The van der Waals surface area contributed by atoms with E-state index in [1.807, 2.05) is 36.4 Å². The fourth-order valence-corrected chi connectivity index (χ4v) is 12.2. The molecule has 13 heteroatoms. The third-order valence-corrected chi connectivity index (χ3v) is 15.4. The molecule has 0 bridgehead atoms. The van der Waals surface area contributed by atoms with E-state index in [1.165, 1.54) is 19.4 Å². The summed E-state index contributed by atoms with van der Waals surface area (Å²) in [5, 5.41) is 42.9. The maximum atomic E-state index is 15.6. The Hall–Kier alpha value is -3.65. The van der Waals surface area contributed by atoms with Gasteiger partial charge in [0.25, 0.3) is 0 Å². The number of Topliss-reactive ketones (excluding diaryl/α,β-unsaturated/α-hetero) is 1. The molecule has 4 aliphatic carbocycles. The predicted molar refractivity (Wildman–Crippen MR) is 213 cm³/mol. The van der Waals surface area contributed by atoms with Gasteiger partial charge in [0.1, 0.15) is 29.1 Å². The Morgan fingerprint density at radius 1 is 1.04 bits per heavy atom. The standard InChI is InChI=1S/C23H34O5.C21H26FN3O4/c1-20(2,27)19(26)23(28)10-8-16-15-6-5-13-11-14(24)7-9-21(13,3)18(15)17(25)12-22(16,23)4;1-10-8-24(7-6-23(10)5)18-16(22)12(3)14-17-20(18)29-9-11(2)25(17)13(4)15(19(14)26)21(27)28/h11,15-18,25,27-28H,5-10,12H2,1-4H3;10-11H,6-9H2,1-5H3,(H,27,28)/t15-,16-,17-,18+,21-,22-,23-;10?,11-/m00/s1. The van der Waals surface area contributed by atoms with Crippen molar-refractivity contribution < 1.29 is 43.9 Å². The average Bonchev–Trinajstić information content (AvgIpc) is 3.39. The van der Waals surface area contributed by atoms with Crippen molar-refractivity contribution in [3.63, 3.8) is 0 Å². The molecule has 57 heavy (non-hydrogen) atoms. The highest BCUT2D eigenvalue weighted by atomic mass is 19.1. The van der Waals surface area contributed by atoms with Crippen LogP contribution in [-0.2, 0) is 9.59 Å². The van der Waals surface area contributed by atoms with E-state index in [-0.39, 0.29) is 64.2 Å². The highest BCUT2D eigenvalue weighted by Gasteiger charge is 2.69. The summed E-state index contributed by atoms with van der Waals surface area (Å²) in [6.07, 6.45) is 5.63. The number of allylic oxidation sites excluding steroid dienone is 1. The van der Waals surface area contributed by atoms with Crippen molar-refractivity contribution in [2.45, 2.75) is 130 Å². The lowest BCUT2D eigenvalue weighted by atomic mass is 9.45. The first-order valence-corrected chi connectivity index (χ1v) is 20.6. The highest BCUT2D eigenvalue weighted by molar-refractivity contribution is 6.00. The first kappa shape index (κ1) is 41.5. The topological polar surface area (TPSA) is 170 Å². The number of piperazine rings is 1. The lowest BCUT2D eigenvalue weighted by Crippen LogP contribution is -2.64. The number of likely N-dealkylation sites (N-methyl/N-ethyl adjacent to an activating group) is 1. The molecule has 3 heterocycles. The van der Waals surface area contributed by atoms with Gasteiger partial charge in [0, 0.05) is 48.8 Å². The summed E-state index contributed by atoms with van der Waals surface area (Å²) in [5.41, 5.74) is -2.52. The highest BCUT2D eigenvalue weighted by Crippen LogP contribution is 2.68. The molecule has 1 saturated heterocycles. The van der Waals surface area contributed by atoms with Crippen LogP contribution in [0, 0.1) is 48.2 Å². The Kier molecular flexibility index (Phi) is 10.2. The molecule has 1 aromatic carbocycles. The van der Waals surface area contributed by atoms with E-state index in [9.17, 15) is 39.6 Å². The normalized spacial score (nSPS) is 35.0. The summed E-state index contributed by atoms with van der Waals surface area (Å²) in [6, 6.07) is 0.0695. The molecule has 2 aromatic rings. The van der Waals surface area contributed by atoms with Gasteiger partial charge >= 0.3 is 5.97 Å². The van der Waals surface area contributed by atoms with Crippen LogP contribution in [0.15, 0.2) is 16.4 Å². The lowest BCUT2D eigenvalue weighted by Gasteiger charge is -2.60. The first-order chi connectivity index (χ1) is 26.5. The van der Waals surface area contributed by atoms with Crippen LogP contribution < -0.4 is 15.1 Å². The van der Waals surface area contributed by atoms with Crippen molar-refractivity contribution in [1.29, 1.82) is 0 Å². The molecular weight excluding hydrogens is 733 g/mol. The number of pyridine rings is 1. The zero-order chi connectivity index (χ0) is 41.9. The summed E-state index contributed by atoms with van der Waals surface area (Å²) in [5.74, 6) is -1.40. The van der Waals surface area contributed by atoms with Crippen molar-refractivity contribution >= 4 is 34.1 Å². The minimum absolute atomic E-state index is 0.0539. The van der Waals surface area contributed by atoms with Gasteiger partial charge in [-0.25, -0.2) is 9.18 Å². The molecule has 4 fully saturated rings. The van der Waals surface area contributed by atoms with Crippen molar-refractivity contribution in [3.05, 3.63) is 44.5 Å². The SMILES string of the molecule is CC(C)(O)C(=O)[C@@]1(O)CC[C@H]2[C@@H]3CCC4=CC(=O)CC[C@]4(C)[C@H]3[C@@H](O)C[C@@]21C.Cc1c(F)c(N2CCN(C)C(C)C2)c2c3c1c(=O)c(C(=O)O)c(C)n3[C@@H](C)CO2. The number of carbonyl (C=O) groups is 3. The number of aromatic nitrogens is 1. The maximum Gasteiger partial charge on any atom is 0.341 e. The van der Waals surface area contributed by atoms with Crippen LogP contribution in [0.1, 0.15) is 114 Å². The molecule has 312 valence electrons. The van der Waals surface area contributed by atoms with Gasteiger partial charge in [0.15, 0.2) is 23.1 Å². The number of ether oxygens (including phenoxy) is 1. The van der Waals surface area contributed by atoms with Crippen LogP contribution >= 0.6 is 0 Å². The average molecular weight is 794 g/mol. The minimum atomic E-state index is -1.61. The molecule has 12 nitrogen and oxygen atoms in total. The van der Waals surface area contributed by atoms with Gasteiger partial charge < -0.3 is 39.5 Å². The van der Waals surface area contributed by atoms with Gasteiger partial charge in [0.2, 0.25) is 5.43 Å². The molecule has 8 rings (SSSR count). The van der Waals surface area contributed by atoms with Crippen LogP contribution in [0.3, 0.4) is 0 Å². The fraction of sp³-hybridized carbons (Fsp3) is 0.682. The van der Waals surface area contributed by atoms with E-state index in [4.69, 9.17) is 4.74 Å². The van der Waals surface area contributed by atoms with E-state index < -0.39 is 45.7 Å². The molecule has 6 aliphatic rings. The number of rotatable bonds is 4. The second-order valence-corrected chi connectivity index (χ2v) is 19.1. The van der Waals surface area contributed by atoms with Gasteiger partial charge in [-0.15, -0.1) is 0 Å². The van der Waals surface area contributed by atoms with Crippen LogP contribution in [0.5, 0.6) is 5.75 Å². The molecule has 9 atom stereocenters. The largest absolute Gasteiger partial charge is 0.487 e. The maximum absolute atomic E-state index is 15.6. The summed E-state index contributed by atoms with van der Waals surface area (Å²) in [4.78, 5) is 54.0. The van der Waals surface area contributed by atoms with E-state index in [0.29, 0.717) is 55.0 Å². The molecule has 0 amide bonds. The molecule has 1 unspecified atom stereocenters. The van der Waals surface area contributed by atoms with Crippen molar-refractivity contribution in [3.8, 4) is 5.75 Å². The molecule has 3 saturated carbocycles. The number of anilines is 1. The number of benzene rings is 1. The molecule has 4 N–H and O–H groups in total. The van der Waals surface area contributed by atoms with Crippen molar-refractivity contribution in [2.24, 2.45) is 28.6 Å². The predicted octanol–water partition coefficient (Wildman–Crippen LogP) is 5.11. The van der Waals surface area contributed by atoms with Gasteiger partial charge in [0.05, 0.1) is 23.0 Å². The number of carboxylic acids is 1. The Labute approximate surface area is 333 Å². The van der Waals surface area contributed by atoms with Gasteiger partial charge in [-0.1, -0.05) is 19.4 Å². The van der Waals surface area contributed by atoms with E-state index in [0.717, 1.165) is 32.2 Å². The number of ketones is 2. The Morgan fingerprint density at radius 3 is 2.35 bits per heavy atom. The number of aryl methyl sites for hydroxylation is 1. The number of carboxylic acid groups (broad SMARTS) is 1.